The molecule has 0 saturated heterocycles. The van der Waals surface area contributed by atoms with E-state index in [0.717, 1.165) is 40.5 Å². The molecule has 0 atom stereocenters. The molecule has 16 rings (SSSR count). The number of hydrogen-bond donors (Lipinski definition) is 0. The molecule has 0 radical (unpaired) electrons. The maximum Gasteiger partial charge on any atom is 0.0468 e. The molecule has 0 spiro atoms. The third-order valence-corrected chi connectivity index (χ3v) is 19.2. The minimum absolute atomic E-state index is 0.0309. The van der Waals surface area contributed by atoms with Gasteiger partial charge in [0.25, 0.3) is 0 Å². The molecule has 408 valence electrons. The summed E-state index contributed by atoms with van der Waals surface area (Å²) in [6.45, 7) is 16.6. The second-order valence-electron chi connectivity index (χ2n) is 26.0. The highest BCUT2D eigenvalue weighted by Gasteiger charge is 2.41. The van der Waals surface area contributed by atoms with Crippen LogP contribution < -0.4 is 9.80 Å². The Labute approximate surface area is 498 Å². The van der Waals surface area contributed by atoms with E-state index in [9.17, 15) is 0 Å². The van der Waals surface area contributed by atoms with Gasteiger partial charge in [0.05, 0.1) is 0 Å². The number of nitrogens with zero attached hydrogens (tertiary/aromatic N) is 2. The van der Waals surface area contributed by atoms with Crippen molar-refractivity contribution in [3.63, 3.8) is 0 Å². The summed E-state index contributed by atoms with van der Waals surface area (Å²) in [5.41, 5.74) is 21.3. The minimum Gasteiger partial charge on any atom is -0.310 e. The standard InChI is InChI=1S/C83H66N2/c1-81(2,3)56-37-39-58(40-38-56)85(62-42-46-64-55(51-62)36-44-74-76-70-32-16-12-28-66(70)68-30-14-18-34-72(68)80(76)83(6,7)78(64)74)60-26-20-22-53(49-60)47-52-21-19-25-59(48-52)84(57-23-9-8-10-24-57)61-41-45-63-54(50-61)35-43-73-75-69-31-15-11-27-65(69)67-29-13-17-33-71(67)79(75)82(4,5)77(63)73/h8-46,48-51H,47H2,1-7H3. The topological polar surface area (TPSA) is 6.48 Å². The molecule has 85 heavy (non-hydrogen) atoms. The fourth-order valence-electron chi connectivity index (χ4n) is 15.5. The zero-order valence-corrected chi connectivity index (χ0v) is 49.4. The second kappa shape index (κ2) is 18.9. The lowest BCUT2D eigenvalue weighted by molar-refractivity contribution is 0.590. The molecule has 0 aliphatic heterocycles. The van der Waals surface area contributed by atoms with E-state index < -0.39 is 0 Å². The summed E-state index contributed by atoms with van der Waals surface area (Å²) in [5, 5.41) is 15.7. The van der Waals surface area contributed by atoms with Gasteiger partial charge >= 0.3 is 0 Å². The van der Waals surface area contributed by atoms with Gasteiger partial charge in [0.1, 0.15) is 0 Å². The first-order valence-corrected chi connectivity index (χ1v) is 30.3. The maximum atomic E-state index is 2.45. The Kier molecular flexibility index (Phi) is 11.3. The lowest BCUT2D eigenvalue weighted by Crippen LogP contribution is -2.16. The molecular weight excluding hydrogens is 1020 g/mol. The second-order valence-corrected chi connectivity index (χ2v) is 26.0. The van der Waals surface area contributed by atoms with E-state index in [2.05, 4.69) is 319 Å². The maximum absolute atomic E-state index is 2.45. The van der Waals surface area contributed by atoms with Gasteiger partial charge in [-0.25, -0.2) is 0 Å². The first-order valence-electron chi connectivity index (χ1n) is 30.3. The average molecular weight is 1090 g/mol. The van der Waals surface area contributed by atoms with Crippen LogP contribution in [0.1, 0.15) is 87.4 Å². The highest BCUT2D eigenvalue weighted by molar-refractivity contribution is 6.21. The van der Waals surface area contributed by atoms with Crippen molar-refractivity contribution >= 4 is 98.8 Å². The molecule has 0 aromatic heterocycles. The number of fused-ring (bicyclic) bond motifs is 20. The molecule has 2 heteroatoms. The normalized spacial score (nSPS) is 13.8. The molecule has 0 heterocycles. The molecule has 14 aromatic carbocycles. The lowest BCUT2D eigenvalue weighted by Gasteiger charge is -2.29. The highest BCUT2D eigenvalue weighted by Crippen LogP contribution is 2.59. The number of para-hydroxylation sites is 1. The van der Waals surface area contributed by atoms with Gasteiger partial charge in [-0.3, -0.25) is 0 Å². The summed E-state index contributed by atoms with van der Waals surface area (Å²) >= 11 is 0. The van der Waals surface area contributed by atoms with Gasteiger partial charge in [-0.2, -0.15) is 0 Å². The van der Waals surface area contributed by atoms with Crippen molar-refractivity contribution in [1.82, 2.24) is 0 Å². The average Bonchev–Trinajstić information content (AvgIpc) is 1.57. The van der Waals surface area contributed by atoms with E-state index in [0.29, 0.717) is 0 Å². The van der Waals surface area contributed by atoms with Crippen LogP contribution in [0.25, 0.3) is 86.9 Å². The molecular formula is C83H66N2. The number of rotatable bonds is 8. The molecule has 2 aliphatic rings. The SMILES string of the molecule is CC(C)(C)c1ccc(N(c2cccc(Cc3cccc(N(c4ccccc4)c4ccc5c6c(ccc5c4)-c4c(c5ccccc5c5ccccc45)C6(C)C)c3)c2)c2ccc3c4c(ccc3c2)-c2c(c3ccccc3c3ccccc23)C4(C)C)cc1. The Morgan fingerprint density at radius 1 is 0.282 bits per heavy atom. The van der Waals surface area contributed by atoms with E-state index >= 15 is 0 Å². The van der Waals surface area contributed by atoms with Crippen molar-refractivity contribution in [3.8, 4) is 22.3 Å². The molecule has 14 aromatic rings. The van der Waals surface area contributed by atoms with E-state index in [4.69, 9.17) is 0 Å². The zero-order valence-electron chi connectivity index (χ0n) is 49.4. The summed E-state index contributed by atoms with van der Waals surface area (Å²) in [5.74, 6) is 0. The molecule has 0 N–H and O–H groups in total. The predicted molar refractivity (Wildman–Crippen MR) is 364 cm³/mol. The Hall–Kier alpha value is -9.76. The minimum atomic E-state index is -0.213. The molecule has 2 aliphatic carbocycles. The quantitative estimate of drug-likeness (QED) is 0.140. The molecule has 2 nitrogen and oxygen atoms in total. The molecule has 0 saturated carbocycles. The third kappa shape index (κ3) is 7.84. The van der Waals surface area contributed by atoms with Crippen LogP contribution >= 0.6 is 0 Å². The van der Waals surface area contributed by atoms with Crippen molar-refractivity contribution in [2.45, 2.75) is 71.1 Å². The van der Waals surface area contributed by atoms with Crippen LogP contribution in [0.3, 0.4) is 0 Å². The predicted octanol–water partition coefficient (Wildman–Crippen LogP) is 23.0. The fourth-order valence-corrected chi connectivity index (χ4v) is 15.5. The van der Waals surface area contributed by atoms with E-state index in [1.54, 1.807) is 0 Å². The Bertz CT molecular complexity index is 5070. The number of benzene rings is 14. The zero-order chi connectivity index (χ0) is 57.5. The van der Waals surface area contributed by atoms with Crippen molar-refractivity contribution in [2.24, 2.45) is 0 Å². The fraction of sp³-hybridized carbons (Fsp3) is 0.133. The third-order valence-electron chi connectivity index (χ3n) is 19.2. The van der Waals surface area contributed by atoms with Crippen molar-refractivity contribution in [2.75, 3.05) is 9.80 Å². The van der Waals surface area contributed by atoms with E-state index in [1.165, 1.54) is 126 Å². The van der Waals surface area contributed by atoms with E-state index in [1.807, 2.05) is 0 Å². The monoisotopic (exact) mass is 1090 g/mol. The largest absolute Gasteiger partial charge is 0.310 e. The van der Waals surface area contributed by atoms with Gasteiger partial charge in [0.15, 0.2) is 0 Å². The Balaban J connectivity index is 0.766. The summed E-state index contributed by atoms with van der Waals surface area (Å²) in [6.07, 6.45) is 0.771. The summed E-state index contributed by atoms with van der Waals surface area (Å²) in [7, 11) is 0. The van der Waals surface area contributed by atoms with Crippen LogP contribution in [0.2, 0.25) is 0 Å². The highest BCUT2D eigenvalue weighted by atomic mass is 15.1. The van der Waals surface area contributed by atoms with Crippen molar-refractivity contribution < 1.29 is 0 Å². The first kappa shape index (κ1) is 50.9. The van der Waals surface area contributed by atoms with Gasteiger partial charge < -0.3 is 9.80 Å². The molecule has 0 fully saturated rings. The van der Waals surface area contributed by atoms with Crippen molar-refractivity contribution in [1.29, 1.82) is 0 Å². The first-order chi connectivity index (χ1) is 41.3. The lowest BCUT2D eigenvalue weighted by atomic mass is 9.78. The van der Waals surface area contributed by atoms with Crippen LogP contribution in [0.4, 0.5) is 34.1 Å². The Morgan fingerprint density at radius 2 is 0.635 bits per heavy atom. The van der Waals surface area contributed by atoms with Crippen LogP contribution in [-0.4, -0.2) is 0 Å². The molecule has 0 unspecified atom stereocenters. The molecule has 0 bridgehead atoms. The summed E-state index contributed by atoms with van der Waals surface area (Å²) in [6, 6.07) is 98.3. The smallest absolute Gasteiger partial charge is 0.0468 e. The summed E-state index contributed by atoms with van der Waals surface area (Å²) < 4.78 is 0. The van der Waals surface area contributed by atoms with Gasteiger partial charge in [-0.15, -0.1) is 0 Å². The number of anilines is 6. The van der Waals surface area contributed by atoms with Crippen LogP contribution in [0, 0.1) is 0 Å². The van der Waals surface area contributed by atoms with Gasteiger partial charge in [0.2, 0.25) is 0 Å². The van der Waals surface area contributed by atoms with Crippen LogP contribution in [0.15, 0.2) is 261 Å². The van der Waals surface area contributed by atoms with Gasteiger partial charge in [-0.1, -0.05) is 237 Å². The van der Waals surface area contributed by atoms with Gasteiger partial charge in [-0.05, 0) is 210 Å². The van der Waals surface area contributed by atoms with Crippen LogP contribution in [0.5, 0.6) is 0 Å². The van der Waals surface area contributed by atoms with Crippen LogP contribution in [-0.2, 0) is 22.7 Å². The molecule has 0 amide bonds. The van der Waals surface area contributed by atoms with Crippen molar-refractivity contribution in [3.05, 3.63) is 300 Å². The summed E-state index contributed by atoms with van der Waals surface area (Å²) in [4.78, 5) is 4.88. The number of hydrogen-bond acceptors (Lipinski definition) is 2. The Morgan fingerprint density at radius 3 is 1.07 bits per heavy atom. The van der Waals surface area contributed by atoms with E-state index in [-0.39, 0.29) is 16.2 Å². The van der Waals surface area contributed by atoms with Gasteiger partial charge in [0, 0.05) is 45.0 Å².